The molecule has 1 nitrogen and oxygen atoms in total. The Morgan fingerprint density at radius 2 is 1.75 bits per heavy atom. The van der Waals surface area contributed by atoms with Crippen LogP contribution in [-0.4, -0.2) is 6.54 Å². The van der Waals surface area contributed by atoms with E-state index >= 15 is 0 Å². The first-order valence-corrected chi connectivity index (χ1v) is 4.98. The molecule has 1 aromatic rings. The monoisotopic (exact) mass is 251 g/mol. The van der Waals surface area contributed by atoms with Gasteiger partial charge in [0.25, 0.3) is 0 Å². The lowest BCUT2D eigenvalue weighted by Gasteiger charge is -2.12. The summed E-state index contributed by atoms with van der Waals surface area (Å²) in [4.78, 5) is 0. The summed E-state index contributed by atoms with van der Waals surface area (Å²) in [6, 6.07) is 5.65. The van der Waals surface area contributed by atoms with Crippen LogP contribution in [0.3, 0.4) is 0 Å². The SMILES string of the molecule is Cl.FC(F)(F)c1ccc([C@@H]2CCCN2)cc1. The summed E-state index contributed by atoms with van der Waals surface area (Å²) in [5, 5.41) is 3.25. The van der Waals surface area contributed by atoms with Crippen LogP contribution in [-0.2, 0) is 6.18 Å². The fourth-order valence-corrected chi connectivity index (χ4v) is 1.87. The van der Waals surface area contributed by atoms with Crippen LogP contribution < -0.4 is 5.32 Å². The van der Waals surface area contributed by atoms with Gasteiger partial charge in [-0.2, -0.15) is 13.2 Å². The lowest BCUT2D eigenvalue weighted by atomic mass is 10.0. The van der Waals surface area contributed by atoms with Crippen LogP contribution in [0.2, 0.25) is 0 Å². The first-order chi connectivity index (χ1) is 7.07. The van der Waals surface area contributed by atoms with Crippen LogP contribution in [0.25, 0.3) is 0 Å². The molecule has 1 fully saturated rings. The minimum atomic E-state index is -4.23. The number of alkyl halides is 3. The molecule has 2 rings (SSSR count). The lowest BCUT2D eigenvalue weighted by Crippen LogP contribution is -2.13. The van der Waals surface area contributed by atoms with Crippen LogP contribution in [0.15, 0.2) is 24.3 Å². The van der Waals surface area contributed by atoms with Crippen molar-refractivity contribution in [2.24, 2.45) is 0 Å². The molecule has 1 atom stereocenters. The van der Waals surface area contributed by atoms with Gasteiger partial charge in [0, 0.05) is 6.04 Å². The third-order valence-electron chi connectivity index (χ3n) is 2.70. The van der Waals surface area contributed by atoms with Gasteiger partial charge >= 0.3 is 6.18 Å². The standard InChI is InChI=1S/C11H12F3N.ClH/c12-11(13,14)9-5-3-8(4-6-9)10-2-1-7-15-10;/h3-6,10,15H,1-2,7H2;1H/t10-;/m0./s1. The summed E-state index contributed by atoms with van der Waals surface area (Å²) in [6.07, 6.45) is -2.14. The second-order valence-electron chi connectivity index (χ2n) is 3.77. The van der Waals surface area contributed by atoms with E-state index < -0.39 is 11.7 Å². The molecule has 0 saturated carbocycles. The van der Waals surface area contributed by atoms with Crippen LogP contribution in [0.4, 0.5) is 13.2 Å². The molecule has 5 heteroatoms. The normalized spacial score (nSPS) is 20.6. The Labute approximate surface area is 98.4 Å². The number of hydrogen-bond donors (Lipinski definition) is 1. The lowest BCUT2D eigenvalue weighted by molar-refractivity contribution is -0.137. The van der Waals surface area contributed by atoms with Gasteiger partial charge in [-0.25, -0.2) is 0 Å². The van der Waals surface area contributed by atoms with Crippen molar-refractivity contribution < 1.29 is 13.2 Å². The highest BCUT2D eigenvalue weighted by atomic mass is 35.5. The summed E-state index contributed by atoms with van der Waals surface area (Å²) < 4.78 is 36.8. The molecule has 0 aliphatic carbocycles. The quantitative estimate of drug-likeness (QED) is 0.805. The molecule has 0 aromatic heterocycles. The Morgan fingerprint density at radius 1 is 1.12 bits per heavy atom. The van der Waals surface area contributed by atoms with Crippen LogP contribution in [0.1, 0.15) is 30.0 Å². The van der Waals surface area contributed by atoms with Crippen LogP contribution >= 0.6 is 12.4 Å². The summed E-state index contributed by atoms with van der Waals surface area (Å²) in [6.45, 7) is 0.950. The second kappa shape index (κ2) is 5.06. The Hall–Kier alpha value is -0.740. The molecule has 0 bridgehead atoms. The fourth-order valence-electron chi connectivity index (χ4n) is 1.87. The van der Waals surface area contributed by atoms with Crippen LogP contribution in [0, 0.1) is 0 Å². The number of hydrogen-bond acceptors (Lipinski definition) is 1. The summed E-state index contributed by atoms with van der Waals surface area (Å²) >= 11 is 0. The predicted molar refractivity (Wildman–Crippen MR) is 58.7 cm³/mol. The van der Waals surface area contributed by atoms with Gasteiger partial charge in [0.2, 0.25) is 0 Å². The molecule has 0 amide bonds. The first-order valence-electron chi connectivity index (χ1n) is 4.98. The van der Waals surface area contributed by atoms with E-state index in [9.17, 15) is 13.2 Å². The summed E-state index contributed by atoms with van der Waals surface area (Å²) in [7, 11) is 0. The maximum Gasteiger partial charge on any atom is 0.416 e. The number of nitrogens with one attached hydrogen (secondary N) is 1. The molecular weight excluding hydrogens is 239 g/mol. The molecule has 1 aromatic carbocycles. The Kier molecular flexibility index (Phi) is 4.21. The predicted octanol–water partition coefficient (Wildman–Crippen LogP) is 3.55. The first kappa shape index (κ1) is 13.3. The minimum absolute atomic E-state index is 0. The number of halogens is 4. The van der Waals surface area contributed by atoms with E-state index in [2.05, 4.69) is 5.32 Å². The van der Waals surface area contributed by atoms with Crippen molar-refractivity contribution in [2.75, 3.05) is 6.54 Å². The van der Waals surface area contributed by atoms with E-state index in [4.69, 9.17) is 0 Å². The molecule has 16 heavy (non-hydrogen) atoms. The van der Waals surface area contributed by atoms with Gasteiger partial charge in [0.1, 0.15) is 0 Å². The van der Waals surface area contributed by atoms with Crippen molar-refractivity contribution in [2.45, 2.75) is 25.1 Å². The number of rotatable bonds is 1. The summed E-state index contributed by atoms with van der Waals surface area (Å²) in [5.74, 6) is 0. The molecule has 0 radical (unpaired) electrons. The average molecular weight is 252 g/mol. The van der Waals surface area contributed by atoms with E-state index in [1.54, 1.807) is 12.1 Å². The molecule has 1 aliphatic heterocycles. The zero-order valence-corrected chi connectivity index (χ0v) is 9.37. The Morgan fingerprint density at radius 3 is 2.19 bits per heavy atom. The smallest absolute Gasteiger partial charge is 0.310 e. The minimum Gasteiger partial charge on any atom is -0.310 e. The van der Waals surface area contributed by atoms with Gasteiger partial charge in [0.05, 0.1) is 5.56 Å². The van der Waals surface area contributed by atoms with E-state index in [1.807, 2.05) is 0 Å². The molecule has 1 saturated heterocycles. The number of benzene rings is 1. The third-order valence-corrected chi connectivity index (χ3v) is 2.70. The zero-order chi connectivity index (χ0) is 10.9. The van der Waals surface area contributed by atoms with Gasteiger partial charge < -0.3 is 5.32 Å². The van der Waals surface area contributed by atoms with Gasteiger partial charge in [-0.05, 0) is 37.1 Å². The molecule has 1 heterocycles. The fraction of sp³-hybridized carbons (Fsp3) is 0.455. The Bertz CT molecular complexity index is 328. The second-order valence-corrected chi connectivity index (χ2v) is 3.77. The topological polar surface area (TPSA) is 12.0 Å². The third kappa shape index (κ3) is 2.89. The van der Waals surface area contributed by atoms with E-state index in [0.717, 1.165) is 37.1 Å². The van der Waals surface area contributed by atoms with Gasteiger partial charge in [0.15, 0.2) is 0 Å². The Balaban J connectivity index is 0.00000128. The van der Waals surface area contributed by atoms with Gasteiger partial charge in [-0.15, -0.1) is 12.4 Å². The van der Waals surface area contributed by atoms with Crippen molar-refractivity contribution in [3.8, 4) is 0 Å². The van der Waals surface area contributed by atoms with Crippen molar-refractivity contribution in [1.82, 2.24) is 5.32 Å². The molecule has 0 spiro atoms. The maximum absolute atomic E-state index is 12.3. The van der Waals surface area contributed by atoms with Gasteiger partial charge in [-0.3, -0.25) is 0 Å². The van der Waals surface area contributed by atoms with Crippen molar-refractivity contribution in [3.63, 3.8) is 0 Å². The molecule has 0 unspecified atom stereocenters. The van der Waals surface area contributed by atoms with Crippen molar-refractivity contribution in [1.29, 1.82) is 0 Å². The van der Waals surface area contributed by atoms with E-state index in [-0.39, 0.29) is 18.4 Å². The molecule has 90 valence electrons. The highest BCUT2D eigenvalue weighted by Gasteiger charge is 2.30. The maximum atomic E-state index is 12.3. The van der Waals surface area contributed by atoms with E-state index in [1.165, 1.54) is 0 Å². The van der Waals surface area contributed by atoms with Gasteiger partial charge in [-0.1, -0.05) is 12.1 Å². The largest absolute Gasteiger partial charge is 0.416 e. The molecule has 1 aliphatic rings. The highest BCUT2D eigenvalue weighted by Crippen LogP contribution is 2.31. The summed E-state index contributed by atoms with van der Waals surface area (Å²) in [5.41, 5.74) is 0.366. The average Bonchev–Trinajstić information content (AvgIpc) is 2.69. The van der Waals surface area contributed by atoms with Crippen molar-refractivity contribution in [3.05, 3.63) is 35.4 Å². The highest BCUT2D eigenvalue weighted by molar-refractivity contribution is 5.85. The zero-order valence-electron chi connectivity index (χ0n) is 8.55. The van der Waals surface area contributed by atoms with Crippen molar-refractivity contribution >= 4 is 12.4 Å². The molecular formula is C11H13ClF3N. The van der Waals surface area contributed by atoms with Crippen LogP contribution in [0.5, 0.6) is 0 Å². The van der Waals surface area contributed by atoms with E-state index in [0.29, 0.717) is 0 Å². The molecule has 1 N–H and O–H groups in total.